The van der Waals surface area contributed by atoms with Crippen LogP contribution in [0.2, 0.25) is 5.02 Å². The molecule has 0 aliphatic heterocycles. The lowest BCUT2D eigenvalue weighted by atomic mass is 10.2. The van der Waals surface area contributed by atoms with Crippen molar-refractivity contribution < 1.29 is 14.7 Å². The van der Waals surface area contributed by atoms with Gasteiger partial charge in [0.15, 0.2) is 5.69 Å². The second-order valence-corrected chi connectivity index (χ2v) is 4.55. The molecule has 0 fully saturated rings. The van der Waals surface area contributed by atoms with Crippen LogP contribution in [0.5, 0.6) is 0 Å². The Labute approximate surface area is 117 Å². The van der Waals surface area contributed by atoms with E-state index in [0.29, 0.717) is 10.7 Å². The van der Waals surface area contributed by atoms with Gasteiger partial charge in [0.05, 0.1) is 17.9 Å². The van der Waals surface area contributed by atoms with E-state index in [2.05, 4.69) is 8.75 Å². The molecule has 0 saturated carbocycles. The number of hydrogen-bond donors (Lipinski definition) is 1. The zero-order valence-electron chi connectivity index (χ0n) is 9.49. The second-order valence-electron chi connectivity index (χ2n) is 3.55. The van der Waals surface area contributed by atoms with Crippen molar-refractivity contribution in [3.8, 4) is 0 Å². The molecule has 8 heteroatoms. The molecule has 0 radical (unpaired) electrons. The van der Waals surface area contributed by atoms with Gasteiger partial charge >= 0.3 is 5.97 Å². The Balaban J connectivity index is 2.33. The molecular weight excluding hydrogens is 290 g/mol. The zero-order valence-corrected chi connectivity index (χ0v) is 11.1. The van der Waals surface area contributed by atoms with E-state index in [0.717, 1.165) is 16.6 Å². The van der Waals surface area contributed by atoms with E-state index in [9.17, 15) is 9.59 Å². The van der Waals surface area contributed by atoms with E-state index < -0.39 is 18.4 Å². The van der Waals surface area contributed by atoms with E-state index in [1.54, 1.807) is 24.3 Å². The number of hydrogen-bond acceptors (Lipinski definition) is 5. The van der Waals surface area contributed by atoms with Crippen LogP contribution in [-0.2, 0) is 4.79 Å². The SMILES string of the molecule is O=C(O)CN(C(=O)c1cnsn1)c1ccc(Cl)cc1. The fourth-order valence-corrected chi connectivity index (χ4v) is 1.97. The van der Waals surface area contributed by atoms with Gasteiger partial charge in [-0.25, -0.2) is 0 Å². The number of nitrogens with zero attached hydrogens (tertiary/aromatic N) is 3. The van der Waals surface area contributed by atoms with Gasteiger partial charge in [-0.15, -0.1) is 0 Å². The molecule has 0 aliphatic carbocycles. The molecule has 1 aromatic heterocycles. The predicted molar refractivity (Wildman–Crippen MR) is 70.7 cm³/mol. The third-order valence-corrected chi connectivity index (χ3v) is 2.99. The minimum absolute atomic E-state index is 0.112. The summed E-state index contributed by atoms with van der Waals surface area (Å²) < 4.78 is 7.53. The number of amides is 1. The van der Waals surface area contributed by atoms with Crippen LogP contribution in [0.15, 0.2) is 30.5 Å². The van der Waals surface area contributed by atoms with E-state index in [4.69, 9.17) is 16.7 Å². The number of rotatable bonds is 4. The van der Waals surface area contributed by atoms with Crippen LogP contribution in [0.3, 0.4) is 0 Å². The standard InChI is InChI=1S/C11H8ClN3O3S/c12-7-1-3-8(4-2-7)15(6-10(16)17)11(18)9-5-13-19-14-9/h1-5H,6H2,(H,16,17). The Morgan fingerprint density at radius 2 is 2.00 bits per heavy atom. The molecule has 0 aliphatic rings. The molecule has 1 N–H and O–H groups in total. The molecule has 0 unspecified atom stereocenters. The van der Waals surface area contributed by atoms with E-state index >= 15 is 0 Å². The Hall–Kier alpha value is -1.99. The number of carboxylic acids is 1. The molecule has 0 bridgehead atoms. The summed E-state index contributed by atoms with van der Waals surface area (Å²) in [6, 6.07) is 6.31. The summed E-state index contributed by atoms with van der Waals surface area (Å²) >= 11 is 6.65. The Morgan fingerprint density at radius 3 is 2.53 bits per heavy atom. The number of carbonyl (C=O) groups excluding carboxylic acids is 1. The second kappa shape index (κ2) is 5.77. The molecule has 6 nitrogen and oxygen atoms in total. The normalized spacial score (nSPS) is 10.2. The van der Waals surface area contributed by atoms with Gasteiger partial charge in [0.25, 0.3) is 5.91 Å². The fourth-order valence-electron chi connectivity index (χ4n) is 1.43. The largest absolute Gasteiger partial charge is 0.480 e. The van der Waals surface area contributed by atoms with Crippen molar-refractivity contribution >= 4 is 40.9 Å². The van der Waals surface area contributed by atoms with Crippen molar-refractivity contribution in [3.05, 3.63) is 41.2 Å². The molecule has 0 atom stereocenters. The number of aliphatic carboxylic acids is 1. The third kappa shape index (κ3) is 3.27. The minimum atomic E-state index is -1.12. The molecule has 1 aromatic carbocycles. The molecule has 1 amide bonds. The van der Waals surface area contributed by atoms with Crippen molar-refractivity contribution in [1.82, 2.24) is 8.75 Å². The number of carbonyl (C=O) groups is 2. The first-order valence-electron chi connectivity index (χ1n) is 5.14. The van der Waals surface area contributed by atoms with Crippen molar-refractivity contribution in [2.45, 2.75) is 0 Å². The van der Waals surface area contributed by atoms with E-state index in [1.807, 2.05) is 0 Å². The number of aromatic nitrogens is 2. The van der Waals surface area contributed by atoms with Crippen molar-refractivity contribution in [3.63, 3.8) is 0 Å². The summed E-state index contributed by atoms with van der Waals surface area (Å²) in [7, 11) is 0. The van der Waals surface area contributed by atoms with Crippen LogP contribution < -0.4 is 4.90 Å². The third-order valence-electron chi connectivity index (χ3n) is 2.26. The van der Waals surface area contributed by atoms with Crippen LogP contribution in [0.25, 0.3) is 0 Å². The van der Waals surface area contributed by atoms with Crippen molar-refractivity contribution in [1.29, 1.82) is 0 Å². The summed E-state index contributed by atoms with van der Waals surface area (Å²) in [5, 5.41) is 9.39. The van der Waals surface area contributed by atoms with Crippen LogP contribution in [0.4, 0.5) is 5.69 Å². The molecule has 1 heterocycles. The first-order valence-corrected chi connectivity index (χ1v) is 6.25. The molecule has 0 saturated heterocycles. The number of halogens is 1. The van der Waals surface area contributed by atoms with Crippen LogP contribution >= 0.6 is 23.3 Å². The lowest BCUT2D eigenvalue weighted by molar-refractivity contribution is -0.135. The van der Waals surface area contributed by atoms with Gasteiger partial charge in [0.1, 0.15) is 6.54 Å². The summed E-state index contributed by atoms with van der Waals surface area (Å²) in [6.45, 7) is -0.460. The lowest BCUT2D eigenvalue weighted by Crippen LogP contribution is -2.35. The fraction of sp³-hybridized carbons (Fsp3) is 0.0909. The van der Waals surface area contributed by atoms with E-state index in [1.165, 1.54) is 6.20 Å². The molecule has 98 valence electrons. The average molecular weight is 298 g/mol. The highest BCUT2D eigenvalue weighted by Crippen LogP contribution is 2.19. The average Bonchev–Trinajstić information content (AvgIpc) is 2.90. The van der Waals surface area contributed by atoms with Crippen molar-refractivity contribution in [2.75, 3.05) is 11.4 Å². The maximum atomic E-state index is 12.2. The van der Waals surface area contributed by atoms with Crippen LogP contribution in [-0.4, -0.2) is 32.3 Å². The smallest absolute Gasteiger partial charge is 0.323 e. The maximum absolute atomic E-state index is 12.2. The van der Waals surface area contributed by atoms with Crippen LogP contribution in [0.1, 0.15) is 10.5 Å². The number of carboxylic acid groups (broad SMARTS) is 1. The van der Waals surface area contributed by atoms with Gasteiger partial charge < -0.3 is 5.11 Å². The van der Waals surface area contributed by atoms with Crippen molar-refractivity contribution in [2.24, 2.45) is 0 Å². The molecule has 19 heavy (non-hydrogen) atoms. The molecule has 2 aromatic rings. The van der Waals surface area contributed by atoms with Gasteiger partial charge in [-0.1, -0.05) is 11.6 Å². The monoisotopic (exact) mass is 297 g/mol. The van der Waals surface area contributed by atoms with Gasteiger partial charge in [-0.3, -0.25) is 14.5 Å². The number of anilines is 1. The van der Waals surface area contributed by atoms with Gasteiger partial charge in [0.2, 0.25) is 0 Å². The first kappa shape index (κ1) is 13.4. The summed E-state index contributed by atoms with van der Waals surface area (Å²) in [6.07, 6.45) is 1.30. The van der Waals surface area contributed by atoms with Crippen LogP contribution in [0, 0.1) is 0 Å². The van der Waals surface area contributed by atoms with E-state index in [-0.39, 0.29) is 5.69 Å². The Morgan fingerprint density at radius 1 is 1.32 bits per heavy atom. The molecular formula is C11H8ClN3O3S. The molecule has 2 rings (SSSR count). The first-order chi connectivity index (χ1) is 9.08. The highest BCUT2D eigenvalue weighted by Gasteiger charge is 2.22. The highest BCUT2D eigenvalue weighted by molar-refractivity contribution is 6.99. The Kier molecular flexibility index (Phi) is 4.08. The lowest BCUT2D eigenvalue weighted by Gasteiger charge is -2.19. The minimum Gasteiger partial charge on any atom is -0.480 e. The Bertz CT molecular complexity index is 586. The zero-order chi connectivity index (χ0) is 13.8. The predicted octanol–water partition coefficient (Wildman–Crippen LogP) is 1.92. The quantitative estimate of drug-likeness (QED) is 0.932. The molecule has 0 spiro atoms. The van der Waals surface area contributed by atoms with Gasteiger partial charge in [-0.2, -0.15) is 8.75 Å². The summed E-state index contributed by atoms with van der Waals surface area (Å²) in [5.74, 6) is -1.63. The summed E-state index contributed by atoms with van der Waals surface area (Å²) in [4.78, 5) is 24.1. The van der Waals surface area contributed by atoms with Gasteiger partial charge in [0, 0.05) is 10.7 Å². The highest BCUT2D eigenvalue weighted by atomic mass is 35.5. The van der Waals surface area contributed by atoms with Gasteiger partial charge in [-0.05, 0) is 24.3 Å². The maximum Gasteiger partial charge on any atom is 0.323 e. The topological polar surface area (TPSA) is 83.4 Å². The number of benzene rings is 1. The summed E-state index contributed by atoms with van der Waals surface area (Å²) in [5.41, 5.74) is 0.547.